The van der Waals surface area contributed by atoms with Crippen molar-refractivity contribution in [1.29, 1.82) is 0 Å². The number of rotatable bonds is 1. The number of aryl methyl sites for hydroxylation is 1. The Morgan fingerprint density at radius 1 is 1.15 bits per heavy atom. The van der Waals surface area contributed by atoms with Crippen LogP contribution >= 0.6 is 0 Å². The van der Waals surface area contributed by atoms with Gasteiger partial charge in [-0.1, -0.05) is 57.5 Å². The second-order valence-electron chi connectivity index (χ2n) is 7.55. The average molecular weight is 268 g/mol. The quantitative estimate of drug-likeness (QED) is 0.678. The summed E-state index contributed by atoms with van der Waals surface area (Å²) in [5.41, 5.74) is 3.37. The number of carbonyl (C=O) groups excluding carboxylic acids is 1. The zero-order valence-electron chi connectivity index (χ0n) is 13.2. The van der Waals surface area contributed by atoms with Gasteiger partial charge in [-0.05, 0) is 42.2 Å². The van der Waals surface area contributed by atoms with Crippen molar-refractivity contribution in [2.24, 2.45) is 22.7 Å². The Kier molecular flexibility index (Phi) is 2.77. The molecule has 106 valence electrons. The monoisotopic (exact) mass is 268 g/mol. The lowest BCUT2D eigenvalue weighted by Gasteiger charge is -2.31. The van der Waals surface area contributed by atoms with Crippen LogP contribution in [0.25, 0.3) is 6.08 Å². The molecule has 0 spiro atoms. The van der Waals surface area contributed by atoms with Crippen molar-refractivity contribution in [2.45, 2.75) is 41.0 Å². The number of benzene rings is 1. The smallest absolute Gasteiger partial charge is 0.165 e. The molecule has 0 radical (unpaired) electrons. The minimum atomic E-state index is -0.173. The van der Waals surface area contributed by atoms with Crippen LogP contribution in [0.15, 0.2) is 29.8 Å². The second-order valence-corrected chi connectivity index (χ2v) is 7.55. The maximum absolute atomic E-state index is 12.9. The largest absolute Gasteiger partial charge is 0.294 e. The molecule has 0 heterocycles. The van der Waals surface area contributed by atoms with Crippen molar-refractivity contribution in [1.82, 2.24) is 0 Å². The highest BCUT2D eigenvalue weighted by Crippen LogP contribution is 2.67. The van der Waals surface area contributed by atoms with E-state index in [-0.39, 0.29) is 10.8 Å². The summed E-state index contributed by atoms with van der Waals surface area (Å²) in [4.78, 5) is 12.9. The van der Waals surface area contributed by atoms with Crippen LogP contribution < -0.4 is 0 Å². The molecule has 1 heteroatoms. The number of Topliss-reactive ketones (excluding diaryl/α,β-unsaturated/α-hetero) is 1. The van der Waals surface area contributed by atoms with E-state index in [1.807, 2.05) is 0 Å². The van der Waals surface area contributed by atoms with Crippen molar-refractivity contribution in [3.05, 3.63) is 41.0 Å². The molecule has 0 N–H and O–H groups in total. The Hall–Kier alpha value is -1.37. The lowest BCUT2D eigenvalue weighted by molar-refractivity contribution is -0.125. The highest BCUT2D eigenvalue weighted by molar-refractivity contribution is 6.08. The first-order valence-electron chi connectivity index (χ1n) is 7.60. The van der Waals surface area contributed by atoms with Crippen LogP contribution in [0.2, 0.25) is 0 Å². The molecule has 20 heavy (non-hydrogen) atoms. The zero-order valence-corrected chi connectivity index (χ0v) is 13.2. The third-order valence-corrected chi connectivity index (χ3v) is 6.00. The molecule has 3 rings (SSSR count). The lowest BCUT2D eigenvalue weighted by atomic mass is 9.70. The van der Waals surface area contributed by atoms with E-state index in [2.05, 4.69) is 65.0 Å². The van der Waals surface area contributed by atoms with Gasteiger partial charge in [0.1, 0.15) is 0 Å². The number of ketones is 1. The molecule has 0 saturated heterocycles. The fraction of sp³-hybridized carbons (Fsp3) is 0.526. The highest BCUT2D eigenvalue weighted by Gasteiger charge is 2.66. The molecular weight excluding hydrogens is 244 g/mol. The van der Waals surface area contributed by atoms with E-state index >= 15 is 0 Å². The van der Waals surface area contributed by atoms with Gasteiger partial charge in [0.25, 0.3) is 0 Å². The predicted molar refractivity (Wildman–Crippen MR) is 83.3 cm³/mol. The Morgan fingerprint density at radius 3 is 2.30 bits per heavy atom. The van der Waals surface area contributed by atoms with Gasteiger partial charge in [-0.3, -0.25) is 4.79 Å². The summed E-state index contributed by atoms with van der Waals surface area (Å²) < 4.78 is 0. The van der Waals surface area contributed by atoms with Gasteiger partial charge in [-0.25, -0.2) is 0 Å². The standard InChI is InChI=1S/C19H24O/c1-12-6-8-14(9-7-12)10-15-16-13(2)11-19(5,17(15)20)18(16,3)4/h6-10,13,16H,11H2,1-5H3. The molecule has 2 aliphatic rings. The molecule has 0 aromatic heterocycles. The molecule has 0 aliphatic heterocycles. The van der Waals surface area contributed by atoms with Gasteiger partial charge in [0.05, 0.1) is 0 Å². The van der Waals surface area contributed by atoms with Crippen LogP contribution in [0.4, 0.5) is 0 Å². The topological polar surface area (TPSA) is 17.1 Å². The molecule has 3 atom stereocenters. The van der Waals surface area contributed by atoms with Crippen LogP contribution in [0.3, 0.4) is 0 Å². The molecule has 1 aromatic carbocycles. The van der Waals surface area contributed by atoms with Gasteiger partial charge < -0.3 is 0 Å². The molecule has 3 unspecified atom stereocenters. The van der Waals surface area contributed by atoms with E-state index in [1.54, 1.807) is 0 Å². The van der Waals surface area contributed by atoms with Crippen molar-refractivity contribution in [2.75, 3.05) is 0 Å². The first kappa shape index (κ1) is 13.6. The average Bonchev–Trinajstić information content (AvgIpc) is 2.63. The highest BCUT2D eigenvalue weighted by atomic mass is 16.1. The van der Waals surface area contributed by atoms with Crippen LogP contribution in [0.5, 0.6) is 0 Å². The molecule has 2 saturated carbocycles. The molecule has 2 bridgehead atoms. The molecule has 1 nitrogen and oxygen atoms in total. The van der Waals surface area contributed by atoms with E-state index in [1.165, 1.54) is 5.56 Å². The Labute approximate surface area is 122 Å². The summed E-state index contributed by atoms with van der Waals surface area (Å²) >= 11 is 0. The normalized spacial score (nSPS) is 36.9. The van der Waals surface area contributed by atoms with Crippen molar-refractivity contribution < 1.29 is 4.79 Å². The van der Waals surface area contributed by atoms with E-state index in [9.17, 15) is 4.79 Å². The van der Waals surface area contributed by atoms with Gasteiger partial charge in [0, 0.05) is 11.0 Å². The first-order chi connectivity index (χ1) is 9.27. The van der Waals surface area contributed by atoms with E-state index in [0.29, 0.717) is 17.6 Å². The molecule has 2 fully saturated rings. The molecule has 0 amide bonds. The van der Waals surface area contributed by atoms with E-state index in [0.717, 1.165) is 17.6 Å². The molecule has 1 aromatic rings. The van der Waals surface area contributed by atoms with Gasteiger partial charge in [-0.2, -0.15) is 0 Å². The van der Waals surface area contributed by atoms with Crippen LogP contribution in [-0.4, -0.2) is 5.78 Å². The zero-order chi connectivity index (χ0) is 14.7. The number of fused-ring (bicyclic) bond motifs is 2. The third kappa shape index (κ3) is 1.58. The summed E-state index contributed by atoms with van der Waals surface area (Å²) in [5, 5.41) is 0. The van der Waals surface area contributed by atoms with E-state index < -0.39 is 0 Å². The minimum absolute atomic E-state index is 0.0834. The Balaban J connectivity index is 2.07. The van der Waals surface area contributed by atoms with Gasteiger partial charge >= 0.3 is 0 Å². The fourth-order valence-corrected chi connectivity index (χ4v) is 4.62. The SMILES string of the molecule is Cc1ccc(C=C2C(=O)C3(C)CC(C)C2C3(C)C)cc1. The predicted octanol–water partition coefficient (Wildman–Crippen LogP) is 4.65. The lowest BCUT2D eigenvalue weighted by Crippen LogP contribution is -2.32. The first-order valence-corrected chi connectivity index (χ1v) is 7.60. The van der Waals surface area contributed by atoms with Crippen molar-refractivity contribution in [3.63, 3.8) is 0 Å². The van der Waals surface area contributed by atoms with E-state index in [4.69, 9.17) is 0 Å². The maximum Gasteiger partial charge on any atom is 0.165 e. The number of carbonyl (C=O) groups is 1. The Bertz CT molecular complexity index is 591. The number of hydrogen-bond acceptors (Lipinski definition) is 1. The van der Waals surface area contributed by atoms with Crippen molar-refractivity contribution >= 4 is 11.9 Å². The molecule has 2 aliphatic carbocycles. The van der Waals surface area contributed by atoms with Gasteiger partial charge in [0.15, 0.2) is 5.78 Å². The number of hydrogen-bond donors (Lipinski definition) is 0. The summed E-state index contributed by atoms with van der Waals surface area (Å²) in [6, 6.07) is 8.45. The minimum Gasteiger partial charge on any atom is -0.294 e. The van der Waals surface area contributed by atoms with Crippen LogP contribution in [0.1, 0.15) is 45.2 Å². The van der Waals surface area contributed by atoms with Gasteiger partial charge in [0.2, 0.25) is 0 Å². The molecular formula is C19H24O. The fourth-order valence-electron chi connectivity index (χ4n) is 4.62. The van der Waals surface area contributed by atoms with Gasteiger partial charge in [-0.15, -0.1) is 0 Å². The number of allylic oxidation sites excluding steroid dienone is 1. The summed E-state index contributed by atoms with van der Waals surface area (Å²) in [6.45, 7) is 11.1. The summed E-state index contributed by atoms with van der Waals surface area (Å²) in [5.74, 6) is 1.39. The second kappa shape index (κ2) is 4.07. The van der Waals surface area contributed by atoms with Crippen molar-refractivity contribution in [3.8, 4) is 0 Å². The van der Waals surface area contributed by atoms with Crippen LogP contribution in [0, 0.1) is 29.6 Å². The summed E-state index contributed by atoms with van der Waals surface area (Å²) in [6.07, 6.45) is 3.17. The maximum atomic E-state index is 12.9. The van der Waals surface area contributed by atoms with Crippen LogP contribution in [-0.2, 0) is 4.79 Å². The third-order valence-electron chi connectivity index (χ3n) is 6.00. The Morgan fingerprint density at radius 2 is 1.75 bits per heavy atom. The summed E-state index contributed by atoms with van der Waals surface area (Å²) in [7, 11) is 0.